The first-order valence-electron chi connectivity index (χ1n) is 10.5. The van der Waals surface area contributed by atoms with E-state index in [4.69, 9.17) is 14.2 Å². The summed E-state index contributed by atoms with van der Waals surface area (Å²) in [5, 5.41) is 2.91. The maximum Gasteiger partial charge on any atom is 0.255 e. The zero-order chi connectivity index (χ0) is 22.2. The lowest BCUT2D eigenvalue weighted by Gasteiger charge is -2.27. The lowest BCUT2D eigenvalue weighted by Crippen LogP contribution is -2.36. The predicted molar refractivity (Wildman–Crippen MR) is 119 cm³/mol. The van der Waals surface area contributed by atoms with Crippen molar-refractivity contribution >= 4 is 17.5 Å². The van der Waals surface area contributed by atoms with E-state index in [1.165, 1.54) is 0 Å². The molecule has 7 heteroatoms. The molecule has 2 aromatic carbocycles. The summed E-state index contributed by atoms with van der Waals surface area (Å²) in [5.74, 6) is 1.43. The maximum absolute atomic E-state index is 12.9. The number of rotatable bonds is 8. The Hall–Kier alpha value is -3.22. The van der Waals surface area contributed by atoms with Crippen LogP contribution in [0.3, 0.4) is 0 Å². The summed E-state index contributed by atoms with van der Waals surface area (Å²) in [6.07, 6.45) is 3.95. The Morgan fingerprint density at radius 2 is 1.58 bits per heavy atom. The van der Waals surface area contributed by atoms with Crippen molar-refractivity contribution in [1.29, 1.82) is 0 Å². The fourth-order valence-electron chi connectivity index (χ4n) is 3.80. The second kappa shape index (κ2) is 10.7. The van der Waals surface area contributed by atoms with Gasteiger partial charge in [0.1, 0.15) is 0 Å². The normalized spacial score (nSPS) is 13.5. The summed E-state index contributed by atoms with van der Waals surface area (Å²) < 4.78 is 16.1. The number of aryl methyl sites for hydroxylation is 1. The zero-order valence-corrected chi connectivity index (χ0v) is 18.4. The molecule has 0 spiro atoms. The van der Waals surface area contributed by atoms with Crippen LogP contribution in [0.15, 0.2) is 36.4 Å². The van der Waals surface area contributed by atoms with Crippen LogP contribution in [0.25, 0.3) is 0 Å². The van der Waals surface area contributed by atoms with E-state index in [0.29, 0.717) is 34.9 Å². The molecule has 0 atom stereocenters. The third-order valence-electron chi connectivity index (χ3n) is 5.44. The van der Waals surface area contributed by atoms with E-state index in [1.807, 2.05) is 29.2 Å². The average Bonchev–Trinajstić information content (AvgIpc) is 2.82. The first-order chi connectivity index (χ1) is 15.1. The van der Waals surface area contributed by atoms with E-state index >= 15 is 0 Å². The smallest absolute Gasteiger partial charge is 0.255 e. The molecule has 0 saturated carbocycles. The van der Waals surface area contributed by atoms with Gasteiger partial charge in [-0.3, -0.25) is 9.59 Å². The molecule has 166 valence electrons. The molecular formula is C24H30N2O5. The van der Waals surface area contributed by atoms with Gasteiger partial charge in [0, 0.05) is 19.5 Å². The predicted octanol–water partition coefficient (Wildman–Crippen LogP) is 3.91. The Bertz CT molecular complexity index is 897. The van der Waals surface area contributed by atoms with Crippen molar-refractivity contribution in [2.24, 2.45) is 0 Å². The molecule has 31 heavy (non-hydrogen) atoms. The van der Waals surface area contributed by atoms with E-state index in [-0.39, 0.29) is 18.2 Å². The Kier molecular flexibility index (Phi) is 7.76. The lowest BCUT2D eigenvalue weighted by atomic mass is 10.1. The highest BCUT2D eigenvalue weighted by molar-refractivity contribution is 6.03. The minimum Gasteiger partial charge on any atom is -0.493 e. The van der Waals surface area contributed by atoms with Gasteiger partial charge < -0.3 is 24.4 Å². The number of nitrogens with zero attached hydrogens (tertiary/aromatic N) is 1. The molecule has 2 amide bonds. The maximum atomic E-state index is 12.9. The Morgan fingerprint density at radius 1 is 0.935 bits per heavy atom. The summed E-state index contributed by atoms with van der Waals surface area (Å²) in [6.45, 7) is 1.53. The third-order valence-corrected chi connectivity index (χ3v) is 5.44. The second-order valence-corrected chi connectivity index (χ2v) is 7.48. The fourth-order valence-corrected chi connectivity index (χ4v) is 3.80. The minimum atomic E-state index is -0.160. The van der Waals surface area contributed by atoms with Crippen LogP contribution in [0.5, 0.6) is 17.2 Å². The Labute approximate surface area is 183 Å². The molecule has 2 aromatic rings. The molecule has 3 rings (SSSR count). The summed E-state index contributed by atoms with van der Waals surface area (Å²) in [7, 11) is 4.67. The molecule has 1 heterocycles. The van der Waals surface area contributed by atoms with E-state index in [0.717, 1.165) is 37.9 Å². The highest BCUT2D eigenvalue weighted by Crippen LogP contribution is 2.38. The van der Waals surface area contributed by atoms with Gasteiger partial charge in [-0.25, -0.2) is 0 Å². The van der Waals surface area contributed by atoms with Crippen LogP contribution >= 0.6 is 0 Å². The van der Waals surface area contributed by atoms with Crippen molar-refractivity contribution in [2.45, 2.75) is 32.1 Å². The summed E-state index contributed by atoms with van der Waals surface area (Å²) in [5.41, 5.74) is 1.97. The van der Waals surface area contributed by atoms with E-state index in [9.17, 15) is 9.59 Å². The van der Waals surface area contributed by atoms with Gasteiger partial charge in [0.25, 0.3) is 5.91 Å². The van der Waals surface area contributed by atoms with Crippen molar-refractivity contribution in [1.82, 2.24) is 4.90 Å². The number of methoxy groups -OCH3 is 3. The molecule has 1 N–H and O–H groups in total. The van der Waals surface area contributed by atoms with E-state index in [1.54, 1.807) is 33.5 Å². The molecule has 0 radical (unpaired) electrons. The number of hydrogen-bond donors (Lipinski definition) is 1. The molecule has 1 fully saturated rings. The number of benzene rings is 2. The standard InChI is InChI=1S/C24H30N2O5/c1-29-20-15-17(16-21(30-2)23(20)31-3)11-12-22(27)25-19-10-6-5-9-18(19)24(28)26-13-7-4-8-14-26/h5-6,9-10,15-16H,4,7-8,11-14H2,1-3H3,(H,25,27). The number of anilines is 1. The minimum absolute atomic E-state index is 0.0276. The van der Waals surface area contributed by atoms with Crippen molar-refractivity contribution in [3.63, 3.8) is 0 Å². The molecule has 0 unspecified atom stereocenters. The highest BCUT2D eigenvalue weighted by Gasteiger charge is 2.21. The van der Waals surface area contributed by atoms with Gasteiger partial charge in [-0.15, -0.1) is 0 Å². The van der Waals surface area contributed by atoms with Crippen LogP contribution in [0, 0.1) is 0 Å². The van der Waals surface area contributed by atoms with Crippen molar-refractivity contribution in [3.8, 4) is 17.2 Å². The van der Waals surface area contributed by atoms with Gasteiger partial charge in [0.15, 0.2) is 11.5 Å². The van der Waals surface area contributed by atoms with Crippen molar-refractivity contribution in [2.75, 3.05) is 39.7 Å². The zero-order valence-electron chi connectivity index (χ0n) is 18.4. The first-order valence-corrected chi connectivity index (χ1v) is 10.5. The van der Waals surface area contributed by atoms with Crippen molar-refractivity contribution < 1.29 is 23.8 Å². The molecule has 0 aromatic heterocycles. The number of piperidine rings is 1. The molecule has 1 saturated heterocycles. The molecule has 1 aliphatic heterocycles. The number of carbonyl (C=O) groups is 2. The monoisotopic (exact) mass is 426 g/mol. The number of amides is 2. The molecule has 0 aliphatic carbocycles. The van der Waals surface area contributed by atoms with E-state index < -0.39 is 0 Å². The first kappa shape index (κ1) is 22.5. The van der Waals surface area contributed by atoms with Crippen LogP contribution < -0.4 is 19.5 Å². The topological polar surface area (TPSA) is 77.1 Å². The van der Waals surface area contributed by atoms with Crippen LogP contribution in [0.2, 0.25) is 0 Å². The van der Waals surface area contributed by atoms with Gasteiger partial charge in [-0.05, 0) is 55.5 Å². The molecule has 0 bridgehead atoms. The van der Waals surface area contributed by atoms with Crippen LogP contribution in [-0.4, -0.2) is 51.1 Å². The Morgan fingerprint density at radius 3 is 2.19 bits per heavy atom. The van der Waals surface area contributed by atoms with Gasteiger partial charge in [-0.2, -0.15) is 0 Å². The fraction of sp³-hybridized carbons (Fsp3) is 0.417. The Balaban J connectivity index is 1.67. The molecule has 7 nitrogen and oxygen atoms in total. The van der Waals surface area contributed by atoms with Crippen molar-refractivity contribution in [3.05, 3.63) is 47.5 Å². The summed E-state index contributed by atoms with van der Waals surface area (Å²) >= 11 is 0. The third kappa shape index (κ3) is 5.48. The SMILES string of the molecule is COc1cc(CCC(=O)Nc2ccccc2C(=O)N2CCCCC2)cc(OC)c1OC. The molecular weight excluding hydrogens is 396 g/mol. The van der Waals surface area contributed by atoms with Gasteiger partial charge in [0.05, 0.1) is 32.6 Å². The average molecular weight is 427 g/mol. The number of ether oxygens (including phenoxy) is 3. The second-order valence-electron chi connectivity index (χ2n) is 7.48. The number of carbonyl (C=O) groups excluding carboxylic acids is 2. The van der Waals surface area contributed by atoms with Gasteiger partial charge >= 0.3 is 0 Å². The van der Waals surface area contributed by atoms with Gasteiger partial charge in [0.2, 0.25) is 11.7 Å². The molecule has 1 aliphatic rings. The number of nitrogens with one attached hydrogen (secondary N) is 1. The summed E-state index contributed by atoms with van der Waals surface area (Å²) in [6, 6.07) is 10.9. The number of likely N-dealkylation sites (tertiary alicyclic amines) is 1. The van der Waals surface area contributed by atoms with Gasteiger partial charge in [-0.1, -0.05) is 12.1 Å². The van der Waals surface area contributed by atoms with Crippen LogP contribution in [0.4, 0.5) is 5.69 Å². The van der Waals surface area contributed by atoms with E-state index in [2.05, 4.69) is 5.32 Å². The quantitative estimate of drug-likeness (QED) is 0.693. The lowest BCUT2D eigenvalue weighted by molar-refractivity contribution is -0.116. The van der Waals surface area contributed by atoms with Crippen LogP contribution in [0.1, 0.15) is 41.6 Å². The highest BCUT2D eigenvalue weighted by atomic mass is 16.5. The number of hydrogen-bond acceptors (Lipinski definition) is 5. The largest absolute Gasteiger partial charge is 0.493 e. The number of para-hydroxylation sites is 1. The summed E-state index contributed by atoms with van der Waals surface area (Å²) in [4.78, 5) is 27.4. The van der Waals surface area contributed by atoms with Crippen LogP contribution in [-0.2, 0) is 11.2 Å².